The van der Waals surface area contributed by atoms with Crippen LogP contribution in [-0.4, -0.2) is 31.3 Å². The third-order valence-electron chi connectivity index (χ3n) is 1.99. The molecule has 0 radical (unpaired) electrons. The monoisotopic (exact) mass is 256 g/mol. The second kappa shape index (κ2) is 4.46. The van der Waals surface area contributed by atoms with Crippen LogP contribution in [0.4, 0.5) is 4.39 Å². The molecule has 1 heterocycles. The van der Waals surface area contributed by atoms with Gasteiger partial charge >= 0.3 is 5.97 Å². The zero-order valence-corrected chi connectivity index (χ0v) is 9.10. The van der Waals surface area contributed by atoms with Crippen molar-refractivity contribution in [1.29, 1.82) is 0 Å². The Balaban J connectivity index is 2.42. The Bertz CT molecular complexity index is 572. The lowest BCUT2D eigenvalue weighted by Crippen LogP contribution is -2.09. The topological polar surface area (TPSA) is 80.9 Å². The highest BCUT2D eigenvalue weighted by Crippen LogP contribution is 2.18. The molecule has 6 nitrogen and oxygen atoms in total. The predicted octanol–water partition coefficient (Wildman–Crippen LogP) is 1.08. The summed E-state index contributed by atoms with van der Waals surface area (Å²) in [5.41, 5.74) is 0.401. The van der Waals surface area contributed by atoms with Gasteiger partial charge in [-0.1, -0.05) is 11.6 Å². The van der Waals surface area contributed by atoms with Crippen LogP contribution in [0, 0.1) is 5.82 Å². The summed E-state index contributed by atoms with van der Waals surface area (Å²) in [6.45, 7) is 0. The van der Waals surface area contributed by atoms with Gasteiger partial charge < -0.3 is 5.11 Å². The first-order valence-electron chi connectivity index (χ1n) is 4.52. The third-order valence-corrected chi connectivity index (χ3v) is 2.28. The van der Waals surface area contributed by atoms with Crippen LogP contribution in [0.15, 0.2) is 18.2 Å². The summed E-state index contributed by atoms with van der Waals surface area (Å²) < 4.78 is 14.2. The molecule has 1 N–H and O–H groups in total. The van der Waals surface area contributed by atoms with Gasteiger partial charge in [0.1, 0.15) is 12.2 Å². The summed E-state index contributed by atoms with van der Waals surface area (Å²) in [5.74, 6) is -1.49. The van der Waals surface area contributed by atoms with Gasteiger partial charge in [0.05, 0.1) is 10.7 Å². The van der Waals surface area contributed by atoms with E-state index in [0.717, 1.165) is 6.07 Å². The van der Waals surface area contributed by atoms with Gasteiger partial charge in [-0.25, -0.2) is 4.39 Å². The van der Waals surface area contributed by atoms with Crippen molar-refractivity contribution < 1.29 is 14.3 Å². The average molecular weight is 257 g/mol. The normalized spacial score (nSPS) is 10.5. The number of halogens is 2. The number of rotatable bonds is 3. The Labute approximate surface area is 99.6 Å². The van der Waals surface area contributed by atoms with Crippen molar-refractivity contribution >= 4 is 17.6 Å². The molecule has 0 saturated carbocycles. The number of benzene rings is 1. The van der Waals surface area contributed by atoms with Gasteiger partial charge in [0, 0.05) is 0 Å². The SMILES string of the molecule is O=C(O)Cc1nnnn1-c1ccc(F)c(Cl)c1. The van der Waals surface area contributed by atoms with Crippen LogP contribution in [0.5, 0.6) is 0 Å². The molecular weight excluding hydrogens is 251 g/mol. The van der Waals surface area contributed by atoms with Crippen LogP contribution >= 0.6 is 11.6 Å². The van der Waals surface area contributed by atoms with E-state index in [1.807, 2.05) is 0 Å². The number of carboxylic acid groups (broad SMARTS) is 1. The highest BCUT2D eigenvalue weighted by atomic mass is 35.5. The van der Waals surface area contributed by atoms with Crippen molar-refractivity contribution in [2.75, 3.05) is 0 Å². The van der Waals surface area contributed by atoms with Crippen molar-refractivity contribution in [2.45, 2.75) is 6.42 Å². The maximum Gasteiger partial charge on any atom is 0.311 e. The number of hydrogen-bond donors (Lipinski definition) is 1. The van der Waals surface area contributed by atoms with Crippen molar-refractivity contribution in [2.24, 2.45) is 0 Å². The lowest BCUT2D eigenvalue weighted by Gasteiger charge is -2.03. The number of nitrogens with zero attached hydrogens (tertiary/aromatic N) is 4. The molecule has 0 aliphatic heterocycles. The summed E-state index contributed by atoms with van der Waals surface area (Å²) in [5, 5.41) is 19.1. The number of aromatic nitrogens is 4. The second-order valence-corrected chi connectivity index (χ2v) is 3.58. The molecular formula is C9H6ClFN4O2. The smallest absolute Gasteiger partial charge is 0.311 e. The Morgan fingerprint density at radius 1 is 1.53 bits per heavy atom. The fourth-order valence-electron chi connectivity index (χ4n) is 1.27. The fraction of sp³-hybridized carbons (Fsp3) is 0.111. The summed E-state index contributed by atoms with van der Waals surface area (Å²) in [7, 11) is 0. The molecule has 0 atom stereocenters. The zero-order chi connectivity index (χ0) is 12.4. The molecule has 0 aliphatic carbocycles. The van der Waals surface area contributed by atoms with E-state index in [-0.39, 0.29) is 17.3 Å². The minimum absolute atomic E-state index is 0.0840. The van der Waals surface area contributed by atoms with E-state index in [1.54, 1.807) is 0 Å². The van der Waals surface area contributed by atoms with Crippen LogP contribution in [0.3, 0.4) is 0 Å². The molecule has 2 rings (SSSR count). The standard InChI is InChI=1S/C9H6ClFN4O2/c10-6-3-5(1-2-7(6)11)15-8(4-9(16)17)12-13-14-15/h1-3H,4H2,(H,16,17). The van der Waals surface area contributed by atoms with Gasteiger partial charge in [-0.15, -0.1) is 5.10 Å². The van der Waals surface area contributed by atoms with Gasteiger partial charge in [0.2, 0.25) is 0 Å². The zero-order valence-electron chi connectivity index (χ0n) is 8.34. The molecule has 0 unspecified atom stereocenters. The summed E-state index contributed by atoms with van der Waals surface area (Å²) in [6.07, 6.45) is -0.331. The summed E-state index contributed by atoms with van der Waals surface area (Å²) in [6, 6.07) is 3.88. The average Bonchev–Trinajstić information content (AvgIpc) is 2.69. The largest absolute Gasteiger partial charge is 0.481 e. The van der Waals surface area contributed by atoms with Gasteiger partial charge in [0.25, 0.3) is 0 Å². The van der Waals surface area contributed by atoms with Gasteiger partial charge in [-0.3, -0.25) is 4.79 Å². The van der Waals surface area contributed by atoms with Crippen molar-refractivity contribution in [3.63, 3.8) is 0 Å². The van der Waals surface area contributed by atoms with Crippen molar-refractivity contribution in [3.8, 4) is 5.69 Å². The first kappa shape index (κ1) is 11.5. The van der Waals surface area contributed by atoms with Crippen LogP contribution in [0.25, 0.3) is 5.69 Å². The molecule has 88 valence electrons. The van der Waals surface area contributed by atoms with E-state index in [1.165, 1.54) is 16.8 Å². The molecule has 2 aromatic rings. The van der Waals surface area contributed by atoms with Gasteiger partial charge in [0.15, 0.2) is 5.82 Å². The molecule has 0 spiro atoms. The maximum atomic E-state index is 13.0. The van der Waals surface area contributed by atoms with E-state index >= 15 is 0 Å². The Kier molecular flexibility index (Phi) is 3.01. The van der Waals surface area contributed by atoms with Gasteiger partial charge in [-0.05, 0) is 28.6 Å². The van der Waals surface area contributed by atoms with Gasteiger partial charge in [-0.2, -0.15) is 4.68 Å². The fourth-order valence-corrected chi connectivity index (χ4v) is 1.44. The Morgan fingerprint density at radius 3 is 2.94 bits per heavy atom. The Hall–Kier alpha value is -2.02. The predicted molar refractivity (Wildman–Crippen MR) is 55.5 cm³/mol. The van der Waals surface area contributed by atoms with Crippen LogP contribution in [0.1, 0.15) is 5.82 Å². The molecule has 0 amide bonds. The van der Waals surface area contributed by atoms with E-state index < -0.39 is 11.8 Å². The molecule has 0 bridgehead atoms. The molecule has 1 aromatic carbocycles. The number of tetrazole rings is 1. The van der Waals surface area contributed by atoms with E-state index in [4.69, 9.17) is 16.7 Å². The van der Waals surface area contributed by atoms with E-state index in [2.05, 4.69) is 15.5 Å². The highest BCUT2D eigenvalue weighted by molar-refractivity contribution is 6.30. The van der Waals surface area contributed by atoms with Crippen molar-refractivity contribution in [1.82, 2.24) is 20.2 Å². The van der Waals surface area contributed by atoms with E-state index in [0.29, 0.717) is 5.69 Å². The van der Waals surface area contributed by atoms with Crippen LogP contribution in [0.2, 0.25) is 5.02 Å². The number of carbonyl (C=O) groups is 1. The third kappa shape index (κ3) is 2.39. The molecule has 0 saturated heterocycles. The first-order chi connectivity index (χ1) is 8.08. The summed E-state index contributed by atoms with van der Waals surface area (Å²) in [4.78, 5) is 10.6. The lowest BCUT2D eigenvalue weighted by molar-refractivity contribution is -0.136. The quantitative estimate of drug-likeness (QED) is 0.889. The molecule has 0 aliphatic rings. The molecule has 0 fully saturated rings. The number of carboxylic acids is 1. The van der Waals surface area contributed by atoms with Crippen molar-refractivity contribution in [3.05, 3.63) is 34.9 Å². The molecule has 17 heavy (non-hydrogen) atoms. The first-order valence-corrected chi connectivity index (χ1v) is 4.90. The van der Waals surface area contributed by atoms with E-state index in [9.17, 15) is 9.18 Å². The molecule has 8 heteroatoms. The lowest BCUT2D eigenvalue weighted by atomic mass is 10.3. The minimum Gasteiger partial charge on any atom is -0.481 e. The second-order valence-electron chi connectivity index (χ2n) is 3.18. The maximum absolute atomic E-state index is 13.0. The minimum atomic E-state index is -1.06. The van der Waals surface area contributed by atoms with Crippen LogP contribution in [-0.2, 0) is 11.2 Å². The molecule has 1 aromatic heterocycles. The highest BCUT2D eigenvalue weighted by Gasteiger charge is 2.12. The Morgan fingerprint density at radius 2 is 2.29 bits per heavy atom. The summed E-state index contributed by atoms with van der Waals surface area (Å²) >= 11 is 5.62. The van der Waals surface area contributed by atoms with Crippen LogP contribution < -0.4 is 0 Å². The number of hydrogen-bond acceptors (Lipinski definition) is 4. The number of aliphatic carboxylic acids is 1.